The van der Waals surface area contributed by atoms with Gasteiger partial charge in [0.2, 0.25) is 5.09 Å². The molecule has 15 heavy (non-hydrogen) atoms. The Labute approximate surface area is 90.1 Å². The number of rotatable bonds is 5. The fourth-order valence-corrected chi connectivity index (χ4v) is 1.83. The van der Waals surface area contributed by atoms with Gasteiger partial charge >= 0.3 is 0 Å². The summed E-state index contributed by atoms with van der Waals surface area (Å²) in [5, 5.41) is 3.04. The minimum atomic E-state index is -3.44. The number of hydrogen-bond acceptors (Lipinski definition) is 4. The fourth-order valence-electron chi connectivity index (χ4n) is 1.02. The summed E-state index contributed by atoms with van der Waals surface area (Å²) in [5.41, 5.74) is 0. The van der Waals surface area contributed by atoms with Crippen LogP contribution in [0, 0.1) is 0 Å². The summed E-state index contributed by atoms with van der Waals surface area (Å²) in [6, 6.07) is 3.14. The molecule has 0 amide bonds. The normalized spacial score (nSPS) is 12.3. The monoisotopic (exact) mass is 232 g/mol. The van der Waals surface area contributed by atoms with E-state index in [0.717, 1.165) is 10.8 Å². The molecule has 0 saturated carbocycles. The zero-order valence-corrected chi connectivity index (χ0v) is 9.97. The summed E-state index contributed by atoms with van der Waals surface area (Å²) in [6.45, 7) is 3.33. The lowest BCUT2D eigenvalue weighted by atomic mass is 10.4. The van der Waals surface area contributed by atoms with Crippen LogP contribution in [0.5, 0.6) is 0 Å². The minimum Gasteiger partial charge on any atom is -0.447 e. The highest BCUT2D eigenvalue weighted by Gasteiger charge is 2.21. The average Bonchev–Trinajstić information content (AvgIpc) is 2.63. The van der Waals surface area contributed by atoms with Gasteiger partial charge in [-0.25, -0.2) is 12.7 Å². The van der Waals surface area contributed by atoms with Gasteiger partial charge in [-0.05, 0) is 18.7 Å². The Kier molecular flexibility index (Phi) is 3.90. The molecule has 1 rings (SSSR count). The highest BCUT2D eigenvalue weighted by atomic mass is 32.2. The van der Waals surface area contributed by atoms with Crippen LogP contribution in [0.4, 0.5) is 0 Å². The SMILES string of the molecule is CCNCc1ccc(S(=O)(=O)N(C)C)o1. The van der Waals surface area contributed by atoms with Gasteiger partial charge in [0.15, 0.2) is 0 Å². The van der Waals surface area contributed by atoms with Crippen LogP contribution in [0.1, 0.15) is 12.7 Å². The summed E-state index contributed by atoms with van der Waals surface area (Å²) in [7, 11) is -0.494. The molecule has 0 bridgehead atoms. The van der Waals surface area contributed by atoms with Gasteiger partial charge in [0.25, 0.3) is 10.0 Å². The Bertz CT molecular complexity index is 409. The van der Waals surface area contributed by atoms with E-state index in [9.17, 15) is 8.42 Å². The van der Waals surface area contributed by atoms with Gasteiger partial charge in [-0.1, -0.05) is 6.92 Å². The summed E-state index contributed by atoms with van der Waals surface area (Å²) in [5.74, 6) is 0.622. The molecule has 6 heteroatoms. The van der Waals surface area contributed by atoms with E-state index in [2.05, 4.69) is 5.32 Å². The number of sulfonamides is 1. The van der Waals surface area contributed by atoms with E-state index in [1.807, 2.05) is 6.92 Å². The van der Waals surface area contributed by atoms with Crippen molar-refractivity contribution in [2.45, 2.75) is 18.6 Å². The number of hydrogen-bond donors (Lipinski definition) is 1. The van der Waals surface area contributed by atoms with E-state index < -0.39 is 10.0 Å². The third kappa shape index (κ3) is 2.80. The van der Waals surface area contributed by atoms with Crippen molar-refractivity contribution in [1.29, 1.82) is 0 Å². The molecule has 0 aliphatic rings. The molecule has 0 aliphatic heterocycles. The quantitative estimate of drug-likeness (QED) is 0.809. The predicted molar refractivity (Wildman–Crippen MR) is 57.0 cm³/mol. The molecule has 0 fully saturated rings. The van der Waals surface area contributed by atoms with Crippen molar-refractivity contribution >= 4 is 10.0 Å². The first kappa shape index (κ1) is 12.2. The van der Waals surface area contributed by atoms with Gasteiger partial charge in [0, 0.05) is 14.1 Å². The van der Waals surface area contributed by atoms with E-state index in [1.165, 1.54) is 20.2 Å². The van der Waals surface area contributed by atoms with Crippen molar-refractivity contribution < 1.29 is 12.8 Å². The van der Waals surface area contributed by atoms with Gasteiger partial charge in [0.05, 0.1) is 6.54 Å². The Hall–Kier alpha value is -0.850. The maximum Gasteiger partial charge on any atom is 0.275 e. The standard InChI is InChI=1S/C9H16N2O3S/c1-4-10-7-8-5-6-9(14-8)15(12,13)11(2)3/h5-6,10H,4,7H2,1-3H3. The van der Waals surface area contributed by atoms with Crippen molar-refractivity contribution in [3.8, 4) is 0 Å². The van der Waals surface area contributed by atoms with Crippen LogP contribution in [0.3, 0.4) is 0 Å². The van der Waals surface area contributed by atoms with Crippen LogP contribution >= 0.6 is 0 Å². The number of nitrogens with one attached hydrogen (secondary N) is 1. The van der Waals surface area contributed by atoms with Crippen molar-refractivity contribution in [2.24, 2.45) is 0 Å². The minimum absolute atomic E-state index is 0.0135. The first-order valence-corrected chi connectivity index (χ1v) is 6.14. The van der Waals surface area contributed by atoms with Crippen molar-refractivity contribution in [2.75, 3.05) is 20.6 Å². The van der Waals surface area contributed by atoms with Crippen LogP contribution in [0.25, 0.3) is 0 Å². The lowest BCUT2D eigenvalue weighted by molar-refractivity contribution is 0.390. The smallest absolute Gasteiger partial charge is 0.275 e. The predicted octanol–water partition coefficient (Wildman–Crippen LogP) is 0.639. The summed E-state index contributed by atoms with van der Waals surface area (Å²) in [6.07, 6.45) is 0. The molecule has 0 aliphatic carbocycles. The van der Waals surface area contributed by atoms with E-state index in [4.69, 9.17) is 4.42 Å². The Morgan fingerprint density at radius 1 is 1.40 bits per heavy atom. The van der Waals surface area contributed by atoms with E-state index in [0.29, 0.717) is 12.3 Å². The van der Waals surface area contributed by atoms with Crippen LogP contribution in [0.2, 0.25) is 0 Å². The highest BCUT2D eigenvalue weighted by molar-refractivity contribution is 7.88. The fraction of sp³-hybridized carbons (Fsp3) is 0.556. The molecule has 1 N–H and O–H groups in total. The first-order chi connectivity index (χ1) is 6.98. The Balaban J connectivity index is 2.85. The molecular weight excluding hydrogens is 216 g/mol. The van der Waals surface area contributed by atoms with Crippen molar-refractivity contribution in [3.63, 3.8) is 0 Å². The molecule has 0 saturated heterocycles. The van der Waals surface area contributed by atoms with Crippen molar-refractivity contribution in [1.82, 2.24) is 9.62 Å². The maximum atomic E-state index is 11.6. The van der Waals surface area contributed by atoms with E-state index >= 15 is 0 Å². The maximum absolute atomic E-state index is 11.6. The number of nitrogens with zero attached hydrogens (tertiary/aromatic N) is 1. The van der Waals surface area contributed by atoms with Crippen LogP contribution in [-0.4, -0.2) is 33.4 Å². The zero-order chi connectivity index (χ0) is 11.5. The summed E-state index contributed by atoms with van der Waals surface area (Å²) in [4.78, 5) is 0. The van der Waals surface area contributed by atoms with E-state index in [1.54, 1.807) is 6.07 Å². The van der Waals surface area contributed by atoms with Gasteiger partial charge in [-0.2, -0.15) is 0 Å². The second-order valence-corrected chi connectivity index (χ2v) is 5.37. The number of furan rings is 1. The average molecular weight is 232 g/mol. The van der Waals surface area contributed by atoms with Gasteiger partial charge in [0.1, 0.15) is 5.76 Å². The molecule has 0 unspecified atom stereocenters. The molecule has 1 heterocycles. The third-order valence-electron chi connectivity index (χ3n) is 1.92. The van der Waals surface area contributed by atoms with Crippen LogP contribution in [0.15, 0.2) is 21.6 Å². The van der Waals surface area contributed by atoms with E-state index in [-0.39, 0.29) is 5.09 Å². The second-order valence-electron chi connectivity index (χ2n) is 3.29. The molecule has 86 valence electrons. The molecule has 5 nitrogen and oxygen atoms in total. The Morgan fingerprint density at radius 2 is 2.07 bits per heavy atom. The molecular formula is C9H16N2O3S. The lowest BCUT2D eigenvalue weighted by Gasteiger charge is -2.07. The Morgan fingerprint density at radius 3 is 2.60 bits per heavy atom. The highest BCUT2D eigenvalue weighted by Crippen LogP contribution is 2.16. The molecule has 1 aromatic heterocycles. The second kappa shape index (κ2) is 4.78. The third-order valence-corrected chi connectivity index (χ3v) is 3.61. The van der Waals surface area contributed by atoms with Crippen LogP contribution in [-0.2, 0) is 16.6 Å². The molecule has 0 radical (unpaired) electrons. The lowest BCUT2D eigenvalue weighted by Crippen LogP contribution is -2.21. The van der Waals surface area contributed by atoms with Crippen molar-refractivity contribution in [3.05, 3.63) is 17.9 Å². The van der Waals surface area contributed by atoms with Gasteiger partial charge in [-0.15, -0.1) is 0 Å². The molecule has 1 aromatic rings. The van der Waals surface area contributed by atoms with Gasteiger partial charge < -0.3 is 9.73 Å². The first-order valence-electron chi connectivity index (χ1n) is 4.70. The molecule has 0 spiro atoms. The molecule has 0 aromatic carbocycles. The molecule has 0 atom stereocenters. The summed E-state index contributed by atoms with van der Waals surface area (Å²) < 4.78 is 29.6. The largest absolute Gasteiger partial charge is 0.447 e. The topological polar surface area (TPSA) is 62.6 Å². The van der Waals surface area contributed by atoms with Crippen LogP contribution < -0.4 is 5.32 Å². The summed E-state index contributed by atoms with van der Waals surface area (Å²) >= 11 is 0. The van der Waals surface area contributed by atoms with Gasteiger partial charge in [-0.3, -0.25) is 0 Å². The zero-order valence-electron chi connectivity index (χ0n) is 9.15.